The number of H-pyrrole nitrogens is 1. The van der Waals surface area contributed by atoms with E-state index in [2.05, 4.69) is 45.7 Å². The monoisotopic (exact) mass is 519 g/mol. The van der Waals surface area contributed by atoms with E-state index in [-0.39, 0.29) is 17.5 Å². The van der Waals surface area contributed by atoms with Crippen molar-refractivity contribution in [2.45, 2.75) is 111 Å². The van der Waals surface area contributed by atoms with Crippen LogP contribution < -0.4 is 0 Å². The first kappa shape index (κ1) is 26.3. The second-order valence-electron chi connectivity index (χ2n) is 14.4. The summed E-state index contributed by atoms with van der Waals surface area (Å²) < 4.78 is 11.4. The summed E-state index contributed by atoms with van der Waals surface area (Å²) in [4.78, 5) is 16.0. The number of hydrogen-bond donors (Lipinski definition) is 1. The van der Waals surface area contributed by atoms with E-state index in [9.17, 15) is 4.79 Å². The third kappa shape index (κ3) is 4.38. The number of fused-ring (bicyclic) bond motifs is 6. The molecule has 3 fully saturated rings. The van der Waals surface area contributed by atoms with Gasteiger partial charge in [-0.3, -0.25) is 0 Å². The van der Waals surface area contributed by atoms with Crippen LogP contribution in [0, 0.1) is 46.3 Å². The second-order valence-corrected chi connectivity index (χ2v) is 14.4. The molecule has 38 heavy (non-hydrogen) atoms. The van der Waals surface area contributed by atoms with Crippen LogP contribution in [-0.4, -0.2) is 17.1 Å². The summed E-state index contributed by atoms with van der Waals surface area (Å²) in [6, 6.07) is 3.60. The Labute approximate surface area is 229 Å². The summed E-state index contributed by atoms with van der Waals surface area (Å²) in [7, 11) is 0. The molecule has 3 saturated carbocycles. The lowest BCUT2D eigenvalue weighted by atomic mass is 9.47. The molecule has 0 spiro atoms. The van der Waals surface area contributed by atoms with Crippen LogP contribution in [0.1, 0.15) is 116 Å². The lowest BCUT2D eigenvalue weighted by Crippen LogP contribution is -2.51. The van der Waals surface area contributed by atoms with Gasteiger partial charge in [-0.25, -0.2) is 4.79 Å². The van der Waals surface area contributed by atoms with Gasteiger partial charge in [-0.1, -0.05) is 65.5 Å². The van der Waals surface area contributed by atoms with Crippen LogP contribution in [0.3, 0.4) is 0 Å². The Morgan fingerprint density at radius 3 is 2.74 bits per heavy atom. The van der Waals surface area contributed by atoms with Crippen LogP contribution in [0.5, 0.6) is 0 Å². The molecule has 2 aromatic heterocycles. The predicted molar refractivity (Wildman–Crippen MR) is 153 cm³/mol. The van der Waals surface area contributed by atoms with Gasteiger partial charge < -0.3 is 14.1 Å². The van der Waals surface area contributed by atoms with Crippen LogP contribution in [0.25, 0.3) is 11.1 Å². The van der Waals surface area contributed by atoms with Crippen molar-refractivity contribution < 1.29 is 13.9 Å². The van der Waals surface area contributed by atoms with E-state index in [1.54, 1.807) is 17.9 Å². The summed E-state index contributed by atoms with van der Waals surface area (Å²) >= 11 is 0. The molecule has 2 heterocycles. The maximum atomic E-state index is 12.9. The van der Waals surface area contributed by atoms with E-state index < -0.39 is 0 Å². The number of nitrogens with one attached hydrogen (secondary N) is 1. The molecule has 0 radical (unpaired) electrons. The van der Waals surface area contributed by atoms with Crippen molar-refractivity contribution >= 4 is 17.1 Å². The van der Waals surface area contributed by atoms with Crippen LogP contribution in [-0.2, 0) is 4.74 Å². The Balaban J connectivity index is 1.12. The topological polar surface area (TPSA) is 55.2 Å². The smallest absolute Gasteiger partial charge is 0.355 e. The molecule has 208 valence electrons. The van der Waals surface area contributed by atoms with Crippen molar-refractivity contribution in [2.24, 2.45) is 46.3 Å². The van der Waals surface area contributed by atoms with Crippen molar-refractivity contribution in [3.63, 3.8) is 0 Å². The Kier molecular flexibility index (Phi) is 6.84. The van der Waals surface area contributed by atoms with Gasteiger partial charge in [-0.2, -0.15) is 0 Å². The number of aromatic nitrogens is 1. The van der Waals surface area contributed by atoms with Gasteiger partial charge in [0.2, 0.25) is 0 Å². The number of hydrogen-bond acceptors (Lipinski definition) is 3. The van der Waals surface area contributed by atoms with Gasteiger partial charge in [0.25, 0.3) is 0 Å². The normalized spacial score (nSPS) is 37.4. The Morgan fingerprint density at radius 1 is 1.11 bits per heavy atom. The van der Waals surface area contributed by atoms with E-state index in [0.717, 1.165) is 60.3 Å². The van der Waals surface area contributed by atoms with Crippen molar-refractivity contribution in [3.05, 3.63) is 35.7 Å². The molecule has 2 aromatic rings. The SMILES string of the molecule is CC(C)CCCC(C)C1CCC2C3CC=C4CC(OC(=O)c5cc6occc6[nH]5)CCC4(C)C3CCC12C. The van der Waals surface area contributed by atoms with Crippen molar-refractivity contribution in [1.82, 2.24) is 4.98 Å². The summed E-state index contributed by atoms with van der Waals surface area (Å²) in [5.74, 6) is 4.85. The highest BCUT2D eigenvalue weighted by Crippen LogP contribution is 2.67. The molecule has 4 heteroatoms. The van der Waals surface area contributed by atoms with Gasteiger partial charge in [-0.05, 0) is 91.3 Å². The van der Waals surface area contributed by atoms with Crippen LogP contribution in [0.2, 0.25) is 0 Å². The molecular formula is C34H49NO3. The van der Waals surface area contributed by atoms with Gasteiger partial charge >= 0.3 is 5.97 Å². The summed E-state index contributed by atoms with van der Waals surface area (Å²) in [5.41, 5.74) is 4.42. The van der Waals surface area contributed by atoms with Crippen molar-refractivity contribution in [2.75, 3.05) is 0 Å². The van der Waals surface area contributed by atoms with Gasteiger partial charge in [0.05, 0.1) is 11.8 Å². The first-order chi connectivity index (χ1) is 18.2. The van der Waals surface area contributed by atoms with Gasteiger partial charge in [-0.15, -0.1) is 0 Å². The molecule has 0 bridgehead atoms. The van der Waals surface area contributed by atoms with E-state index in [1.807, 2.05) is 6.07 Å². The fourth-order valence-electron chi connectivity index (χ4n) is 9.93. The molecule has 1 N–H and O–H groups in total. The van der Waals surface area contributed by atoms with Crippen molar-refractivity contribution in [1.29, 1.82) is 0 Å². The van der Waals surface area contributed by atoms with E-state index in [1.165, 1.54) is 51.4 Å². The molecule has 6 rings (SSSR count). The quantitative estimate of drug-likeness (QED) is 0.293. The first-order valence-electron chi connectivity index (χ1n) is 15.7. The number of allylic oxidation sites excluding steroid dienone is 1. The minimum atomic E-state index is -0.257. The fraction of sp³-hybridized carbons (Fsp3) is 0.735. The van der Waals surface area contributed by atoms with Gasteiger partial charge in [0.15, 0.2) is 5.58 Å². The first-order valence-corrected chi connectivity index (χ1v) is 15.7. The van der Waals surface area contributed by atoms with E-state index in [4.69, 9.17) is 9.15 Å². The summed E-state index contributed by atoms with van der Waals surface area (Å²) in [6.45, 7) is 12.5. The largest absolute Gasteiger partial charge is 0.463 e. The minimum Gasteiger partial charge on any atom is -0.463 e. The Hall–Kier alpha value is -1.97. The molecule has 4 aliphatic carbocycles. The van der Waals surface area contributed by atoms with Crippen molar-refractivity contribution in [3.8, 4) is 0 Å². The molecular weight excluding hydrogens is 470 g/mol. The number of aromatic amines is 1. The maximum Gasteiger partial charge on any atom is 0.355 e. The number of rotatable bonds is 7. The predicted octanol–water partition coefficient (Wildman–Crippen LogP) is 9.33. The lowest BCUT2D eigenvalue weighted by Gasteiger charge is -2.58. The number of furan rings is 1. The molecule has 4 aliphatic rings. The van der Waals surface area contributed by atoms with Gasteiger partial charge in [0.1, 0.15) is 11.8 Å². The molecule has 8 atom stereocenters. The van der Waals surface area contributed by atoms with Crippen LogP contribution >= 0.6 is 0 Å². The highest BCUT2D eigenvalue weighted by atomic mass is 16.5. The zero-order chi connectivity index (χ0) is 26.7. The van der Waals surface area contributed by atoms with Gasteiger partial charge in [0, 0.05) is 18.6 Å². The average Bonchev–Trinajstić information content (AvgIpc) is 3.57. The number of carbonyl (C=O) groups excluding carboxylic acids is 1. The standard InChI is InChI=1S/C34H49NO3/c1-21(2)7-6-8-22(3)26-11-12-27-25-10-9-23-19-24(13-16-33(23,4)28(25)14-17-34(26,27)5)38-32(36)30-20-31-29(35-30)15-18-37-31/h9,15,18,20-22,24-28,35H,6-8,10-14,16-17,19H2,1-5H3. The molecule has 0 saturated heterocycles. The number of carbonyl (C=O) groups is 1. The number of ether oxygens (including phenoxy) is 1. The zero-order valence-electron chi connectivity index (χ0n) is 24.4. The van der Waals surface area contributed by atoms with E-state index >= 15 is 0 Å². The summed E-state index contributed by atoms with van der Waals surface area (Å²) in [5, 5.41) is 0. The highest BCUT2D eigenvalue weighted by molar-refractivity contribution is 5.93. The third-order valence-electron chi connectivity index (χ3n) is 12.0. The highest BCUT2D eigenvalue weighted by Gasteiger charge is 2.59. The zero-order valence-corrected chi connectivity index (χ0v) is 24.4. The molecule has 0 aromatic carbocycles. The maximum absolute atomic E-state index is 12.9. The number of esters is 1. The molecule has 0 amide bonds. The minimum absolute atomic E-state index is 0.0237. The van der Waals surface area contributed by atoms with Crippen LogP contribution in [0.15, 0.2) is 34.5 Å². The third-order valence-corrected chi connectivity index (χ3v) is 12.0. The average molecular weight is 520 g/mol. The summed E-state index contributed by atoms with van der Waals surface area (Å²) in [6.07, 6.45) is 18.3. The fourth-order valence-corrected chi connectivity index (χ4v) is 9.93. The Morgan fingerprint density at radius 2 is 1.95 bits per heavy atom. The van der Waals surface area contributed by atoms with E-state index in [0.29, 0.717) is 16.7 Å². The van der Waals surface area contributed by atoms with Crippen LogP contribution in [0.4, 0.5) is 0 Å². The lowest BCUT2D eigenvalue weighted by molar-refractivity contribution is -0.0595. The molecule has 4 nitrogen and oxygen atoms in total. The second kappa shape index (κ2) is 9.89. The molecule has 0 aliphatic heterocycles. The Bertz CT molecular complexity index is 1160. The molecule has 8 unspecified atom stereocenters.